The maximum absolute atomic E-state index is 14.1. The number of anilines is 1. The standard InChI is InChI=1S/C16H7Cl2F7N2O5S/c17-10-5-9(33(31,32)14(19,15(20,21)22)16(23,24)25)6-11(18)12(10)26-13(28)7-2-1-3-8(4-7)27(29)30/h1-6H,(H,26,28). The van der Waals surface area contributed by atoms with Gasteiger partial charge in [0.15, 0.2) is 0 Å². The van der Waals surface area contributed by atoms with Crippen molar-refractivity contribution in [1.29, 1.82) is 0 Å². The van der Waals surface area contributed by atoms with Crippen LogP contribution in [0.5, 0.6) is 0 Å². The fourth-order valence-electron chi connectivity index (χ4n) is 2.40. The van der Waals surface area contributed by atoms with Gasteiger partial charge in [-0.3, -0.25) is 14.9 Å². The van der Waals surface area contributed by atoms with Gasteiger partial charge in [0.2, 0.25) is 9.84 Å². The third-order valence-corrected chi connectivity index (χ3v) is 6.64. The first kappa shape index (κ1) is 26.6. The number of hydrogen-bond donors (Lipinski definition) is 1. The highest BCUT2D eigenvalue weighted by molar-refractivity contribution is 7.92. The van der Waals surface area contributed by atoms with Crippen LogP contribution in [-0.4, -0.2) is 36.6 Å². The lowest BCUT2D eigenvalue weighted by Crippen LogP contribution is -2.58. The molecule has 2 aromatic carbocycles. The van der Waals surface area contributed by atoms with Gasteiger partial charge in [-0.05, 0) is 18.2 Å². The number of benzene rings is 2. The molecule has 0 aliphatic rings. The third-order valence-electron chi connectivity index (χ3n) is 3.98. The number of carbonyl (C=O) groups is 1. The average Bonchev–Trinajstić information content (AvgIpc) is 2.67. The summed E-state index contributed by atoms with van der Waals surface area (Å²) in [6, 6.07) is 4.14. The summed E-state index contributed by atoms with van der Waals surface area (Å²) < 4.78 is 115. The number of alkyl halides is 7. The minimum Gasteiger partial charge on any atom is -0.319 e. The number of nitro benzene ring substituents is 1. The summed E-state index contributed by atoms with van der Waals surface area (Å²) >= 11 is 11.4. The van der Waals surface area contributed by atoms with Crippen LogP contribution >= 0.6 is 23.2 Å². The molecule has 7 nitrogen and oxygen atoms in total. The molecule has 0 fully saturated rings. The van der Waals surface area contributed by atoms with E-state index in [1.807, 2.05) is 5.32 Å². The minimum absolute atomic E-state index is 0.0254. The molecule has 0 bridgehead atoms. The molecule has 17 heteroatoms. The number of amides is 1. The fraction of sp³-hybridized carbons (Fsp3) is 0.188. The Hall–Kier alpha value is -2.65. The van der Waals surface area contributed by atoms with Crippen molar-refractivity contribution in [2.24, 2.45) is 0 Å². The molecule has 33 heavy (non-hydrogen) atoms. The molecule has 1 N–H and O–H groups in total. The molecule has 180 valence electrons. The number of rotatable bonds is 5. The summed E-state index contributed by atoms with van der Waals surface area (Å²) in [6.07, 6.45) is -13.8. The van der Waals surface area contributed by atoms with Crippen LogP contribution in [0.2, 0.25) is 10.0 Å². The van der Waals surface area contributed by atoms with Crippen LogP contribution in [0.4, 0.5) is 42.1 Å². The molecule has 0 saturated carbocycles. The predicted octanol–water partition coefficient (Wildman–Crippen LogP) is 5.72. The quantitative estimate of drug-likeness (QED) is 0.295. The van der Waals surface area contributed by atoms with Crippen LogP contribution in [0.3, 0.4) is 0 Å². The molecule has 1 amide bonds. The average molecular weight is 543 g/mol. The van der Waals surface area contributed by atoms with Crippen molar-refractivity contribution in [2.45, 2.75) is 22.2 Å². The zero-order valence-electron chi connectivity index (χ0n) is 15.3. The van der Waals surface area contributed by atoms with Crippen molar-refractivity contribution in [3.05, 3.63) is 62.1 Å². The smallest absolute Gasteiger partial charge is 0.319 e. The van der Waals surface area contributed by atoms with Gasteiger partial charge in [0.1, 0.15) is 0 Å². The Morgan fingerprint density at radius 2 is 1.42 bits per heavy atom. The van der Waals surface area contributed by atoms with Crippen molar-refractivity contribution >= 4 is 50.3 Å². The van der Waals surface area contributed by atoms with Gasteiger partial charge in [-0.2, -0.15) is 26.3 Å². The van der Waals surface area contributed by atoms with E-state index in [2.05, 4.69) is 0 Å². The molecule has 0 aliphatic carbocycles. The molecule has 2 aromatic rings. The Kier molecular flexibility index (Phi) is 6.94. The Bertz CT molecular complexity index is 1200. The summed E-state index contributed by atoms with van der Waals surface area (Å²) in [7, 11) is -6.85. The van der Waals surface area contributed by atoms with Crippen LogP contribution in [0.15, 0.2) is 41.3 Å². The zero-order valence-corrected chi connectivity index (χ0v) is 17.6. The van der Waals surface area contributed by atoms with Crippen LogP contribution < -0.4 is 5.32 Å². The van der Waals surface area contributed by atoms with E-state index in [0.717, 1.165) is 24.3 Å². The molecule has 0 spiro atoms. The van der Waals surface area contributed by atoms with Gasteiger partial charge in [-0.1, -0.05) is 29.3 Å². The highest BCUT2D eigenvalue weighted by atomic mass is 35.5. The van der Waals surface area contributed by atoms with Crippen molar-refractivity contribution < 1.29 is 48.9 Å². The Labute approximate surface area is 189 Å². The van der Waals surface area contributed by atoms with Crippen LogP contribution in [0.1, 0.15) is 10.4 Å². The number of nitrogens with zero attached hydrogens (tertiary/aromatic N) is 1. The van der Waals surface area contributed by atoms with Crippen LogP contribution in [-0.2, 0) is 9.84 Å². The first-order valence-corrected chi connectivity index (χ1v) is 10.2. The van der Waals surface area contributed by atoms with Crippen molar-refractivity contribution in [2.75, 3.05) is 5.32 Å². The normalized spacial score (nSPS) is 13.0. The number of halogens is 9. The van der Waals surface area contributed by atoms with Gasteiger partial charge in [0.25, 0.3) is 11.6 Å². The molecular weight excluding hydrogens is 536 g/mol. The number of sulfone groups is 1. The fourth-order valence-corrected chi connectivity index (χ4v) is 4.59. The molecule has 0 aromatic heterocycles. The van der Waals surface area contributed by atoms with Gasteiger partial charge in [0.05, 0.1) is 25.6 Å². The van der Waals surface area contributed by atoms with E-state index >= 15 is 0 Å². The van der Waals surface area contributed by atoms with Crippen LogP contribution in [0, 0.1) is 10.1 Å². The van der Waals surface area contributed by atoms with E-state index in [0.29, 0.717) is 0 Å². The first-order chi connectivity index (χ1) is 14.8. The molecule has 0 heterocycles. The van der Waals surface area contributed by atoms with Crippen molar-refractivity contribution in [1.82, 2.24) is 0 Å². The number of non-ortho nitro benzene ring substituents is 1. The molecule has 2 rings (SSSR count). The first-order valence-electron chi connectivity index (χ1n) is 7.96. The zero-order chi connectivity index (χ0) is 25.6. The summed E-state index contributed by atoms with van der Waals surface area (Å²) in [5.41, 5.74) is -1.50. The summed E-state index contributed by atoms with van der Waals surface area (Å²) in [5, 5.41) is 4.14. The monoisotopic (exact) mass is 542 g/mol. The van der Waals surface area contributed by atoms with Crippen molar-refractivity contribution in [3.63, 3.8) is 0 Å². The number of hydrogen-bond acceptors (Lipinski definition) is 5. The van der Waals surface area contributed by atoms with E-state index in [4.69, 9.17) is 23.2 Å². The molecule has 0 atom stereocenters. The van der Waals surface area contributed by atoms with Crippen LogP contribution in [0.25, 0.3) is 0 Å². The molecule has 0 radical (unpaired) electrons. The lowest BCUT2D eigenvalue weighted by Gasteiger charge is -2.29. The van der Waals surface area contributed by atoms with Gasteiger partial charge < -0.3 is 5.32 Å². The predicted molar refractivity (Wildman–Crippen MR) is 101 cm³/mol. The lowest BCUT2D eigenvalue weighted by molar-refractivity contribution is -0.384. The van der Waals surface area contributed by atoms with Gasteiger partial charge >= 0.3 is 17.4 Å². The molecule has 0 aliphatic heterocycles. The summed E-state index contributed by atoms with van der Waals surface area (Å²) in [5.74, 6) is -1.11. The number of nitro groups is 1. The van der Waals surface area contributed by atoms with E-state index < -0.39 is 64.3 Å². The molecule has 0 unspecified atom stereocenters. The SMILES string of the molecule is O=C(Nc1c(Cl)cc(S(=O)(=O)C(F)(C(F)(F)F)C(F)(F)F)cc1Cl)c1cccc([N+](=O)[O-])c1. The highest BCUT2D eigenvalue weighted by Gasteiger charge is 2.80. The van der Waals surface area contributed by atoms with Gasteiger partial charge in [-0.25, -0.2) is 12.8 Å². The molecule has 0 saturated heterocycles. The van der Waals surface area contributed by atoms with E-state index in [1.54, 1.807) is 0 Å². The Morgan fingerprint density at radius 1 is 0.939 bits per heavy atom. The second kappa shape index (κ2) is 8.61. The van der Waals surface area contributed by atoms with Gasteiger partial charge in [-0.15, -0.1) is 0 Å². The number of nitrogens with one attached hydrogen (secondary N) is 1. The largest absolute Gasteiger partial charge is 0.447 e. The molecular formula is C16H7Cl2F7N2O5S. The van der Waals surface area contributed by atoms with E-state index in [-0.39, 0.29) is 17.7 Å². The Morgan fingerprint density at radius 3 is 1.85 bits per heavy atom. The van der Waals surface area contributed by atoms with E-state index in [1.165, 1.54) is 0 Å². The topological polar surface area (TPSA) is 106 Å². The number of carbonyl (C=O) groups excluding carboxylic acids is 1. The second-order valence-electron chi connectivity index (χ2n) is 6.12. The minimum atomic E-state index is -6.92. The summed E-state index contributed by atoms with van der Waals surface area (Å²) in [6.45, 7) is 0. The lowest BCUT2D eigenvalue weighted by atomic mass is 10.2. The third kappa shape index (κ3) is 4.70. The maximum Gasteiger partial charge on any atom is 0.447 e. The van der Waals surface area contributed by atoms with Crippen molar-refractivity contribution in [3.8, 4) is 0 Å². The van der Waals surface area contributed by atoms with E-state index in [9.17, 15) is 54.1 Å². The Balaban J connectivity index is 2.54. The maximum atomic E-state index is 14.1. The summed E-state index contributed by atoms with van der Waals surface area (Å²) in [4.78, 5) is 20.3. The highest BCUT2D eigenvalue weighted by Crippen LogP contribution is 2.52. The van der Waals surface area contributed by atoms with Gasteiger partial charge in [0, 0.05) is 17.7 Å². The second-order valence-corrected chi connectivity index (χ2v) is 8.97.